The fourth-order valence-electron chi connectivity index (χ4n) is 6.16. The Morgan fingerprint density at radius 1 is 0.786 bits per heavy atom. The number of ether oxygens (including phenoxy) is 3. The number of amides is 3. The van der Waals surface area contributed by atoms with E-state index in [0.717, 1.165) is 5.56 Å². The molecule has 1 aliphatic rings. The summed E-state index contributed by atoms with van der Waals surface area (Å²) in [6, 6.07) is 15.0. The van der Waals surface area contributed by atoms with E-state index < -0.39 is 71.3 Å². The first kappa shape index (κ1) is 43.6. The lowest BCUT2D eigenvalue weighted by atomic mass is 9.78. The number of carbonyl (C=O) groups excluding carboxylic acids is 5. The number of β-lactam (4-membered cyclic amide) rings is 1. The molecule has 0 bridgehead atoms. The summed E-state index contributed by atoms with van der Waals surface area (Å²) in [5.41, 5.74) is 0.196. The van der Waals surface area contributed by atoms with Crippen molar-refractivity contribution >= 4 is 35.2 Å². The highest BCUT2D eigenvalue weighted by Gasteiger charge is 2.48. The van der Waals surface area contributed by atoms with Crippen molar-refractivity contribution < 1.29 is 47.0 Å². The van der Waals surface area contributed by atoms with Gasteiger partial charge in [0.25, 0.3) is 5.91 Å². The monoisotopic (exact) mass is 777 g/mol. The van der Waals surface area contributed by atoms with Crippen molar-refractivity contribution in [2.45, 2.75) is 104 Å². The Bertz CT molecular complexity index is 1830. The van der Waals surface area contributed by atoms with Crippen LogP contribution in [-0.2, 0) is 28.7 Å². The van der Waals surface area contributed by atoms with Crippen molar-refractivity contribution in [3.8, 4) is 5.75 Å². The predicted octanol–water partition coefficient (Wildman–Crippen LogP) is 6.88. The third-order valence-electron chi connectivity index (χ3n) is 8.81. The van der Waals surface area contributed by atoms with E-state index in [9.17, 15) is 32.8 Å². The minimum Gasteiger partial charge on any atom is -0.484 e. The van der Waals surface area contributed by atoms with Crippen LogP contribution in [0, 0.1) is 23.5 Å². The van der Waals surface area contributed by atoms with Gasteiger partial charge in [-0.15, -0.1) is 0 Å². The normalized spacial score (nSPS) is 16.8. The average molecular weight is 778 g/mol. The zero-order valence-corrected chi connectivity index (χ0v) is 33.3. The molecule has 2 N–H and O–H groups in total. The molecule has 3 amide bonds. The molecule has 1 fully saturated rings. The number of hydrogen-bond donors (Lipinski definition) is 2. The Balaban J connectivity index is 1.42. The van der Waals surface area contributed by atoms with Gasteiger partial charge in [0.1, 0.15) is 29.0 Å². The van der Waals surface area contributed by atoms with Gasteiger partial charge < -0.3 is 29.7 Å². The van der Waals surface area contributed by atoms with E-state index in [1.807, 2.05) is 34.6 Å². The fraction of sp³-hybridized carbons (Fsp3) is 0.465. The molecule has 3 aromatic rings. The molecule has 11 nitrogen and oxygen atoms in total. The summed E-state index contributed by atoms with van der Waals surface area (Å²) in [4.78, 5) is 67.4. The molecule has 0 radical (unpaired) electrons. The Kier molecular flexibility index (Phi) is 14.5. The van der Waals surface area contributed by atoms with Crippen LogP contribution in [0.4, 0.5) is 14.5 Å². The lowest BCUT2D eigenvalue weighted by molar-refractivity contribution is -0.162. The first-order valence-electron chi connectivity index (χ1n) is 18.8. The van der Waals surface area contributed by atoms with Crippen LogP contribution < -0.4 is 20.3 Å². The predicted molar refractivity (Wildman–Crippen MR) is 207 cm³/mol. The van der Waals surface area contributed by atoms with Crippen molar-refractivity contribution in [1.82, 2.24) is 10.6 Å². The zero-order valence-electron chi connectivity index (χ0n) is 33.3. The number of carbonyl (C=O) groups is 5. The third-order valence-corrected chi connectivity index (χ3v) is 8.81. The fourth-order valence-corrected chi connectivity index (χ4v) is 6.16. The van der Waals surface area contributed by atoms with Crippen molar-refractivity contribution in [2.75, 3.05) is 18.1 Å². The molecule has 0 aromatic heterocycles. The summed E-state index contributed by atoms with van der Waals surface area (Å²) in [7, 11) is 0. The number of anilines is 1. The van der Waals surface area contributed by atoms with Crippen LogP contribution in [0.1, 0.15) is 96.6 Å². The molecule has 1 heterocycles. The van der Waals surface area contributed by atoms with Crippen LogP contribution in [-0.4, -0.2) is 66.0 Å². The Labute approximate surface area is 327 Å². The topological polar surface area (TPSA) is 140 Å². The van der Waals surface area contributed by atoms with Gasteiger partial charge in [-0.25, -0.2) is 13.6 Å². The standard InChI is InChI=1S/C43H53F2N3O8/c1-26(2)23-34(39(51)47-35(24-55-42(3,4)5)41(53)56-43(6,7)8)46-37(50)25-54-32-19-11-28(12-20-32)38-33(21-22-36(49)27-9-13-29(44)14-10-27)40(52)48(38)31-17-15-30(45)16-18-31/h9-20,26,33-35,38H,21-25H2,1-8H3,(H,46,50)(H,47,51)/t33?,34-,35?,38?/m1/s1. The Hall–Kier alpha value is -5.17. The van der Waals surface area contributed by atoms with Crippen molar-refractivity contribution in [1.29, 1.82) is 0 Å². The van der Waals surface area contributed by atoms with Gasteiger partial charge in [-0.3, -0.25) is 19.2 Å². The number of nitrogens with one attached hydrogen (secondary N) is 2. The zero-order chi connectivity index (χ0) is 41.4. The molecule has 3 unspecified atom stereocenters. The van der Waals surface area contributed by atoms with Crippen LogP contribution in [0.2, 0.25) is 0 Å². The van der Waals surface area contributed by atoms with Gasteiger partial charge in [-0.2, -0.15) is 0 Å². The van der Waals surface area contributed by atoms with Crippen molar-refractivity contribution in [3.63, 3.8) is 0 Å². The van der Waals surface area contributed by atoms with E-state index in [1.165, 1.54) is 48.5 Å². The number of ketones is 1. The second-order valence-electron chi connectivity index (χ2n) is 16.3. The lowest BCUT2D eigenvalue weighted by Crippen LogP contribution is -2.55. The van der Waals surface area contributed by atoms with Crippen molar-refractivity contribution in [3.05, 3.63) is 95.6 Å². The summed E-state index contributed by atoms with van der Waals surface area (Å²) in [5, 5.41) is 5.42. The summed E-state index contributed by atoms with van der Waals surface area (Å²) in [5.74, 6) is -3.32. The van der Waals surface area contributed by atoms with Crippen LogP contribution in [0.15, 0.2) is 72.8 Å². The number of Topliss-reactive ketones (excluding diaryl/α,β-unsaturated/α-hetero) is 1. The molecule has 13 heteroatoms. The number of esters is 1. The third kappa shape index (κ3) is 12.7. The van der Waals surface area contributed by atoms with Gasteiger partial charge in [0, 0.05) is 17.7 Å². The number of nitrogens with zero attached hydrogens (tertiary/aromatic N) is 1. The lowest BCUT2D eigenvalue weighted by Gasteiger charge is -2.47. The van der Waals surface area contributed by atoms with Crippen LogP contribution >= 0.6 is 0 Å². The molecule has 0 aliphatic carbocycles. The van der Waals surface area contributed by atoms with Gasteiger partial charge in [-0.1, -0.05) is 26.0 Å². The molecule has 0 saturated carbocycles. The molecule has 4 rings (SSSR count). The second kappa shape index (κ2) is 18.6. The molecule has 4 atom stereocenters. The number of benzene rings is 3. The maximum atomic E-state index is 13.7. The molecule has 0 spiro atoms. The van der Waals surface area contributed by atoms with Gasteiger partial charge in [0.05, 0.1) is 24.2 Å². The number of halogens is 2. The molecular weight excluding hydrogens is 724 g/mol. The summed E-state index contributed by atoms with van der Waals surface area (Å²) >= 11 is 0. The number of rotatable bonds is 17. The summed E-state index contributed by atoms with van der Waals surface area (Å²) in [6.45, 7) is 13.9. The minimum atomic E-state index is -1.11. The highest BCUT2D eigenvalue weighted by atomic mass is 19.1. The Morgan fingerprint density at radius 2 is 1.38 bits per heavy atom. The Morgan fingerprint density at radius 3 is 1.93 bits per heavy atom. The highest BCUT2D eigenvalue weighted by Crippen LogP contribution is 2.46. The van der Waals surface area contributed by atoms with E-state index in [2.05, 4.69) is 10.6 Å². The van der Waals surface area contributed by atoms with Crippen LogP contribution in [0.3, 0.4) is 0 Å². The summed E-state index contributed by atoms with van der Waals surface area (Å²) < 4.78 is 44.2. The van der Waals surface area contributed by atoms with Gasteiger partial charge in [0.2, 0.25) is 11.8 Å². The van der Waals surface area contributed by atoms with Gasteiger partial charge in [0.15, 0.2) is 18.4 Å². The minimum absolute atomic E-state index is 0.0167. The van der Waals surface area contributed by atoms with Gasteiger partial charge in [-0.05, 0) is 127 Å². The molecule has 1 saturated heterocycles. The molecule has 3 aromatic carbocycles. The SMILES string of the molecule is CC(C)C[C@@H](NC(=O)COc1ccc(C2C(CCC(=O)c3ccc(F)cc3)C(=O)N2c2ccc(F)cc2)cc1)C(=O)NC(COC(C)(C)C)C(=O)OC(C)(C)C. The van der Waals surface area contributed by atoms with Crippen LogP contribution in [0.25, 0.3) is 0 Å². The quantitative estimate of drug-likeness (QED) is 0.0859. The average Bonchev–Trinajstić information content (AvgIpc) is 3.11. The maximum absolute atomic E-state index is 13.7. The molecule has 56 heavy (non-hydrogen) atoms. The van der Waals surface area contributed by atoms with E-state index in [-0.39, 0.29) is 43.5 Å². The van der Waals surface area contributed by atoms with E-state index in [0.29, 0.717) is 17.0 Å². The summed E-state index contributed by atoms with van der Waals surface area (Å²) in [6.07, 6.45) is 0.589. The second-order valence-corrected chi connectivity index (χ2v) is 16.3. The smallest absolute Gasteiger partial charge is 0.331 e. The molecule has 1 aliphatic heterocycles. The largest absolute Gasteiger partial charge is 0.484 e. The molecular formula is C43H53F2N3O8. The van der Waals surface area contributed by atoms with Crippen LogP contribution in [0.5, 0.6) is 5.75 Å². The first-order chi connectivity index (χ1) is 26.2. The van der Waals surface area contributed by atoms with Crippen molar-refractivity contribution in [2.24, 2.45) is 11.8 Å². The highest BCUT2D eigenvalue weighted by molar-refractivity contribution is 6.04. The first-order valence-corrected chi connectivity index (χ1v) is 18.8. The van der Waals surface area contributed by atoms with E-state index in [4.69, 9.17) is 14.2 Å². The maximum Gasteiger partial charge on any atom is 0.331 e. The molecule has 302 valence electrons. The van der Waals surface area contributed by atoms with Gasteiger partial charge >= 0.3 is 5.97 Å². The van der Waals surface area contributed by atoms with E-state index in [1.54, 1.807) is 49.9 Å². The van der Waals surface area contributed by atoms with E-state index >= 15 is 0 Å². The number of hydrogen-bond acceptors (Lipinski definition) is 8.